The van der Waals surface area contributed by atoms with Crippen LogP contribution in [0.25, 0.3) is 0 Å². The second-order valence-corrected chi connectivity index (χ2v) is 6.65. The van der Waals surface area contributed by atoms with Gasteiger partial charge in [0.1, 0.15) is 11.6 Å². The van der Waals surface area contributed by atoms with Crippen molar-refractivity contribution in [2.45, 2.75) is 18.7 Å². The van der Waals surface area contributed by atoms with E-state index >= 15 is 0 Å². The van der Waals surface area contributed by atoms with Gasteiger partial charge in [-0.15, -0.1) is 11.8 Å². The molecule has 0 radical (unpaired) electrons. The van der Waals surface area contributed by atoms with Gasteiger partial charge >= 0.3 is 0 Å². The molecular weight excluding hydrogens is 342 g/mol. The summed E-state index contributed by atoms with van der Waals surface area (Å²) in [5, 5.41) is 0. The fourth-order valence-electron chi connectivity index (χ4n) is 2.02. The third-order valence-electron chi connectivity index (χ3n) is 3.66. The Labute approximate surface area is 150 Å². The number of hydrogen-bond acceptors (Lipinski definition) is 3. The highest BCUT2D eigenvalue weighted by Gasteiger charge is 2.15. The third kappa shape index (κ3) is 5.39. The van der Waals surface area contributed by atoms with Crippen LogP contribution in [-0.2, 0) is 0 Å². The van der Waals surface area contributed by atoms with E-state index in [1.807, 2.05) is 18.9 Å². The lowest BCUT2D eigenvalue weighted by Gasteiger charge is -2.10. The molecule has 0 aliphatic carbocycles. The molecule has 0 heterocycles. The summed E-state index contributed by atoms with van der Waals surface area (Å²) in [7, 11) is 1.87. The van der Waals surface area contributed by atoms with Crippen molar-refractivity contribution in [1.82, 2.24) is 4.90 Å². The van der Waals surface area contributed by atoms with Crippen LogP contribution in [0.3, 0.4) is 0 Å². The number of carbonyl (C=O) groups is 1. The maximum absolute atomic E-state index is 14.3. The molecule has 0 amide bonds. The standard InChI is InChI=1S/C19H20F2N2OS/c1-4-23(3)12-22-18-10-17(21)16(9-13(18)2)19(24)11-25-15-7-5-14(20)6-8-15/h5-10,12H,4,11H2,1-3H3/b22-12+. The number of halogens is 2. The Balaban J connectivity index is 2.10. The van der Waals surface area contributed by atoms with Crippen LogP contribution in [0.2, 0.25) is 0 Å². The average Bonchev–Trinajstić information content (AvgIpc) is 2.61. The van der Waals surface area contributed by atoms with E-state index in [9.17, 15) is 13.6 Å². The van der Waals surface area contributed by atoms with Crippen molar-refractivity contribution in [2.75, 3.05) is 19.3 Å². The maximum Gasteiger partial charge on any atom is 0.176 e. The van der Waals surface area contributed by atoms with Crippen LogP contribution in [0, 0.1) is 18.6 Å². The van der Waals surface area contributed by atoms with E-state index in [2.05, 4.69) is 4.99 Å². The second-order valence-electron chi connectivity index (χ2n) is 5.60. The summed E-state index contributed by atoms with van der Waals surface area (Å²) < 4.78 is 27.2. The first-order valence-corrected chi connectivity index (χ1v) is 8.85. The van der Waals surface area contributed by atoms with E-state index in [0.29, 0.717) is 5.69 Å². The van der Waals surface area contributed by atoms with Crippen molar-refractivity contribution in [3.05, 3.63) is 59.2 Å². The number of benzene rings is 2. The molecule has 3 nitrogen and oxygen atoms in total. The lowest BCUT2D eigenvalue weighted by atomic mass is 10.1. The summed E-state index contributed by atoms with van der Waals surface area (Å²) in [4.78, 5) is 19.2. The second kappa shape index (κ2) is 8.76. The van der Waals surface area contributed by atoms with Gasteiger partial charge in [-0.25, -0.2) is 13.8 Å². The highest BCUT2D eigenvalue weighted by molar-refractivity contribution is 8.00. The van der Waals surface area contributed by atoms with Crippen molar-refractivity contribution in [2.24, 2.45) is 4.99 Å². The number of thioether (sulfide) groups is 1. The Morgan fingerprint density at radius 3 is 2.56 bits per heavy atom. The first-order valence-electron chi connectivity index (χ1n) is 7.87. The zero-order valence-corrected chi connectivity index (χ0v) is 15.2. The number of ketones is 1. The summed E-state index contributed by atoms with van der Waals surface area (Å²) in [5.74, 6) is -1.14. The quantitative estimate of drug-likeness (QED) is 0.305. The molecule has 6 heteroatoms. The van der Waals surface area contributed by atoms with Gasteiger partial charge in [-0.3, -0.25) is 4.79 Å². The van der Waals surface area contributed by atoms with E-state index in [0.717, 1.165) is 17.0 Å². The zero-order valence-electron chi connectivity index (χ0n) is 14.4. The number of Topliss-reactive ketones (excluding diaryl/α,β-unsaturated/α-hetero) is 1. The largest absolute Gasteiger partial charge is 0.366 e. The van der Waals surface area contributed by atoms with Crippen LogP contribution in [-0.4, -0.2) is 36.4 Å². The summed E-state index contributed by atoms with van der Waals surface area (Å²) in [5.41, 5.74) is 1.28. The molecule has 0 saturated carbocycles. The molecule has 0 N–H and O–H groups in total. The van der Waals surface area contributed by atoms with Crippen LogP contribution in [0.5, 0.6) is 0 Å². The molecule has 0 aliphatic rings. The van der Waals surface area contributed by atoms with Gasteiger partial charge in [0.05, 0.1) is 23.3 Å². The number of nitrogens with zero attached hydrogens (tertiary/aromatic N) is 2. The molecule has 2 rings (SSSR count). The van der Waals surface area contributed by atoms with E-state index in [4.69, 9.17) is 0 Å². The SMILES string of the molecule is CCN(C)/C=N/c1cc(F)c(C(=O)CSc2ccc(F)cc2)cc1C. The Kier molecular flexibility index (Phi) is 6.70. The number of hydrogen-bond donors (Lipinski definition) is 0. The lowest BCUT2D eigenvalue weighted by Crippen LogP contribution is -2.14. The summed E-state index contributed by atoms with van der Waals surface area (Å²) in [6, 6.07) is 8.66. The Bertz CT molecular complexity index is 776. The van der Waals surface area contributed by atoms with Crippen LogP contribution in [0.15, 0.2) is 46.3 Å². The van der Waals surface area contributed by atoms with Crippen LogP contribution >= 0.6 is 11.8 Å². The number of rotatable bonds is 7. The van der Waals surface area contributed by atoms with Gasteiger partial charge in [0.25, 0.3) is 0 Å². The molecule has 2 aromatic carbocycles. The minimum atomic E-state index is -0.582. The zero-order chi connectivity index (χ0) is 18.4. The summed E-state index contributed by atoms with van der Waals surface area (Å²) in [6.07, 6.45) is 1.63. The topological polar surface area (TPSA) is 32.7 Å². The normalized spacial score (nSPS) is 11.1. The Morgan fingerprint density at radius 1 is 1.24 bits per heavy atom. The molecule has 0 aromatic heterocycles. The number of carbonyl (C=O) groups excluding carboxylic acids is 1. The molecular formula is C19H20F2N2OS. The smallest absolute Gasteiger partial charge is 0.176 e. The molecule has 0 bridgehead atoms. The summed E-state index contributed by atoms with van der Waals surface area (Å²) in [6.45, 7) is 4.57. The van der Waals surface area contributed by atoms with Gasteiger partial charge in [-0.1, -0.05) is 0 Å². The third-order valence-corrected chi connectivity index (χ3v) is 4.67. The number of aryl methyl sites for hydroxylation is 1. The molecule has 132 valence electrons. The molecule has 0 fully saturated rings. The van der Waals surface area contributed by atoms with Gasteiger partial charge in [-0.2, -0.15) is 0 Å². The van der Waals surface area contributed by atoms with Crippen molar-refractivity contribution < 1.29 is 13.6 Å². The van der Waals surface area contributed by atoms with E-state index in [1.165, 1.54) is 36.0 Å². The molecule has 0 atom stereocenters. The monoisotopic (exact) mass is 362 g/mol. The summed E-state index contributed by atoms with van der Waals surface area (Å²) >= 11 is 1.25. The molecule has 0 saturated heterocycles. The fraction of sp³-hybridized carbons (Fsp3) is 0.263. The molecule has 25 heavy (non-hydrogen) atoms. The fourth-order valence-corrected chi connectivity index (χ4v) is 2.81. The average molecular weight is 362 g/mol. The minimum absolute atomic E-state index is 0.0508. The van der Waals surface area contributed by atoms with Crippen molar-refractivity contribution >= 4 is 29.6 Å². The molecule has 0 unspecified atom stereocenters. The Hall–Kier alpha value is -2.21. The van der Waals surface area contributed by atoms with Gasteiger partial charge < -0.3 is 4.90 Å². The highest BCUT2D eigenvalue weighted by Crippen LogP contribution is 2.25. The minimum Gasteiger partial charge on any atom is -0.366 e. The Morgan fingerprint density at radius 2 is 1.92 bits per heavy atom. The lowest BCUT2D eigenvalue weighted by molar-refractivity contribution is 0.101. The van der Waals surface area contributed by atoms with Gasteiger partial charge in [0, 0.05) is 24.6 Å². The van der Waals surface area contributed by atoms with Crippen LogP contribution < -0.4 is 0 Å². The van der Waals surface area contributed by atoms with Crippen molar-refractivity contribution in [1.29, 1.82) is 0 Å². The van der Waals surface area contributed by atoms with E-state index in [1.54, 1.807) is 25.4 Å². The predicted molar refractivity (Wildman–Crippen MR) is 99.0 cm³/mol. The van der Waals surface area contributed by atoms with E-state index < -0.39 is 5.82 Å². The van der Waals surface area contributed by atoms with Crippen molar-refractivity contribution in [3.8, 4) is 0 Å². The molecule has 0 aliphatic heterocycles. The first-order chi connectivity index (χ1) is 11.9. The highest BCUT2D eigenvalue weighted by atomic mass is 32.2. The molecule has 2 aromatic rings. The molecule has 0 spiro atoms. The van der Waals surface area contributed by atoms with E-state index in [-0.39, 0.29) is 22.9 Å². The van der Waals surface area contributed by atoms with Gasteiger partial charge in [-0.05, 0) is 49.7 Å². The van der Waals surface area contributed by atoms with Gasteiger partial charge in [0.15, 0.2) is 5.78 Å². The van der Waals surface area contributed by atoms with Crippen LogP contribution in [0.1, 0.15) is 22.8 Å². The predicted octanol–water partition coefficient (Wildman–Crippen LogP) is 4.86. The first kappa shape index (κ1) is 19.1. The number of aliphatic imine (C=N–C) groups is 1. The van der Waals surface area contributed by atoms with Crippen LogP contribution in [0.4, 0.5) is 14.5 Å². The maximum atomic E-state index is 14.3. The van der Waals surface area contributed by atoms with Crippen molar-refractivity contribution in [3.63, 3.8) is 0 Å². The van der Waals surface area contributed by atoms with Gasteiger partial charge in [0.2, 0.25) is 0 Å².